The Morgan fingerprint density at radius 1 is 1.15 bits per heavy atom. The topological polar surface area (TPSA) is 38.7 Å². The van der Waals surface area contributed by atoms with Crippen LogP contribution in [0.5, 0.6) is 11.5 Å². The highest BCUT2D eigenvalue weighted by molar-refractivity contribution is 5.47. The van der Waals surface area contributed by atoms with Crippen LogP contribution in [0.15, 0.2) is 42.5 Å². The Morgan fingerprint density at radius 3 is 2.55 bits per heavy atom. The molecule has 1 atom stereocenters. The van der Waals surface area contributed by atoms with E-state index < -0.39 is 6.10 Å². The van der Waals surface area contributed by atoms with Gasteiger partial charge >= 0.3 is 0 Å². The molecule has 0 aliphatic rings. The van der Waals surface area contributed by atoms with Crippen molar-refractivity contribution < 1.29 is 19.0 Å². The first-order chi connectivity index (χ1) is 9.63. The number of ether oxygens (including phenoxy) is 2. The van der Waals surface area contributed by atoms with Gasteiger partial charge in [0.1, 0.15) is 12.4 Å². The van der Waals surface area contributed by atoms with Gasteiger partial charge in [0.2, 0.25) is 0 Å². The predicted octanol–water partition coefficient (Wildman–Crippen LogP) is 3.47. The lowest BCUT2D eigenvalue weighted by Gasteiger charge is -2.16. The smallest absolute Gasteiger partial charge is 0.167 e. The van der Waals surface area contributed by atoms with Crippen molar-refractivity contribution in [1.82, 2.24) is 0 Å². The molecular formula is C16H17FO3. The fourth-order valence-electron chi connectivity index (χ4n) is 1.94. The average Bonchev–Trinajstić information content (AvgIpc) is 2.46. The lowest BCUT2D eigenvalue weighted by Crippen LogP contribution is -2.04. The van der Waals surface area contributed by atoms with Crippen LogP contribution >= 0.6 is 0 Å². The van der Waals surface area contributed by atoms with E-state index in [2.05, 4.69) is 0 Å². The minimum absolute atomic E-state index is 0.0762. The molecule has 2 rings (SSSR count). The first-order valence-electron chi connectivity index (χ1n) is 6.34. The first kappa shape index (κ1) is 14.3. The summed E-state index contributed by atoms with van der Waals surface area (Å²) in [6.07, 6.45) is -0.694. The number of aliphatic hydroxyl groups excluding tert-OH is 1. The van der Waals surface area contributed by atoms with E-state index >= 15 is 0 Å². The molecule has 106 valence electrons. The Morgan fingerprint density at radius 2 is 1.90 bits per heavy atom. The van der Waals surface area contributed by atoms with E-state index in [1.54, 1.807) is 43.3 Å². The maximum absolute atomic E-state index is 13.6. The molecule has 2 aromatic carbocycles. The van der Waals surface area contributed by atoms with Gasteiger partial charge in [-0.3, -0.25) is 0 Å². The largest absolute Gasteiger partial charge is 0.493 e. The Kier molecular flexibility index (Phi) is 4.58. The Hall–Kier alpha value is -2.07. The zero-order valence-corrected chi connectivity index (χ0v) is 11.5. The SMILES string of the molecule is COc1cccc(C(C)O)c1OCc1ccccc1F. The maximum atomic E-state index is 13.6. The number of hydrogen-bond acceptors (Lipinski definition) is 3. The molecule has 2 aromatic rings. The number of halogens is 1. The third-order valence-electron chi connectivity index (χ3n) is 3.01. The molecule has 1 N–H and O–H groups in total. The fraction of sp³-hybridized carbons (Fsp3) is 0.250. The fourth-order valence-corrected chi connectivity index (χ4v) is 1.94. The van der Waals surface area contributed by atoms with Gasteiger partial charge in [0.15, 0.2) is 11.5 Å². The molecule has 0 amide bonds. The van der Waals surface area contributed by atoms with E-state index in [0.29, 0.717) is 22.6 Å². The molecule has 4 heteroatoms. The van der Waals surface area contributed by atoms with Gasteiger partial charge in [0.25, 0.3) is 0 Å². The predicted molar refractivity (Wildman–Crippen MR) is 74.4 cm³/mol. The molecule has 0 spiro atoms. The minimum atomic E-state index is -0.694. The van der Waals surface area contributed by atoms with Crippen LogP contribution in [0.1, 0.15) is 24.2 Å². The van der Waals surface area contributed by atoms with E-state index in [4.69, 9.17) is 9.47 Å². The zero-order chi connectivity index (χ0) is 14.5. The third-order valence-corrected chi connectivity index (χ3v) is 3.01. The van der Waals surface area contributed by atoms with Gasteiger partial charge in [-0.2, -0.15) is 0 Å². The first-order valence-corrected chi connectivity index (χ1v) is 6.34. The number of rotatable bonds is 5. The van der Waals surface area contributed by atoms with E-state index in [-0.39, 0.29) is 12.4 Å². The highest BCUT2D eigenvalue weighted by atomic mass is 19.1. The van der Waals surface area contributed by atoms with E-state index in [1.165, 1.54) is 13.2 Å². The van der Waals surface area contributed by atoms with Crippen LogP contribution in [-0.4, -0.2) is 12.2 Å². The van der Waals surface area contributed by atoms with Crippen molar-refractivity contribution in [2.24, 2.45) is 0 Å². The van der Waals surface area contributed by atoms with Gasteiger partial charge in [0.05, 0.1) is 13.2 Å². The van der Waals surface area contributed by atoms with E-state index in [9.17, 15) is 9.50 Å². The molecule has 0 saturated carbocycles. The van der Waals surface area contributed by atoms with Crippen LogP contribution in [0.4, 0.5) is 4.39 Å². The lowest BCUT2D eigenvalue weighted by molar-refractivity contribution is 0.187. The number of para-hydroxylation sites is 1. The monoisotopic (exact) mass is 276 g/mol. The molecular weight excluding hydrogens is 259 g/mol. The summed E-state index contributed by atoms with van der Waals surface area (Å²) in [6, 6.07) is 11.7. The van der Waals surface area contributed by atoms with Gasteiger partial charge in [0, 0.05) is 11.1 Å². The second-order valence-corrected chi connectivity index (χ2v) is 4.43. The number of hydrogen-bond donors (Lipinski definition) is 1. The number of aliphatic hydroxyl groups is 1. The molecule has 0 aromatic heterocycles. The second kappa shape index (κ2) is 6.39. The highest BCUT2D eigenvalue weighted by Crippen LogP contribution is 2.35. The molecule has 1 unspecified atom stereocenters. The summed E-state index contributed by atoms with van der Waals surface area (Å²) in [6.45, 7) is 1.72. The summed E-state index contributed by atoms with van der Waals surface area (Å²) in [5, 5.41) is 9.77. The summed E-state index contributed by atoms with van der Waals surface area (Å²) >= 11 is 0. The lowest BCUT2D eigenvalue weighted by atomic mass is 10.1. The van der Waals surface area contributed by atoms with Crippen LogP contribution in [0.2, 0.25) is 0 Å². The van der Waals surface area contributed by atoms with Crippen molar-refractivity contribution in [2.45, 2.75) is 19.6 Å². The van der Waals surface area contributed by atoms with Crippen molar-refractivity contribution in [3.63, 3.8) is 0 Å². The van der Waals surface area contributed by atoms with Gasteiger partial charge < -0.3 is 14.6 Å². The quantitative estimate of drug-likeness (QED) is 0.908. The van der Waals surface area contributed by atoms with Gasteiger partial charge in [-0.1, -0.05) is 30.3 Å². The van der Waals surface area contributed by atoms with Crippen LogP contribution < -0.4 is 9.47 Å². The minimum Gasteiger partial charge on any atom is -0.493 e. The van der Waals surface area contributed by atoms with Crippen LogP contribution in [-0.2, 0) is 6.61 Å². The molecule has 20 heavy (non-hydrogen) atoms. The molecule has 3 nitrogen and oxygen atoms in total. The summed E-state index contributed by atoms with van der Waals surface area (Å²) in [5.74, 6) is 0.633. The van der Waals surface area contributed by atoms with Crippen molar-refractivity contribution in [3.8, 4) is 11.5 Å². The molecule has 0 radical (unpaired) electrons. The summed E-state index contributed by atoms with van der Waals surface area (Å²) in [7, 11) is 1.52. The van der Waals surface area contributed by atoms with E-state index in [0.717, 1.165) is 0 Å². The van der Waals surface area contributed by atoms with Crippen molar-refractivity contribution >= 4 is 0 Å². The maximum Gasteiger partial charge on any atom is 0.167 e. The Balaban J connectivity index is 2.26. The second-order valence-electron chi connectivity index (χ2n) is 4.43. The molecule has 0 aliphatic carbocycles. The third kappa shape index (κ3) is 3.08. The Bertz CT molecular complexity index is 582. The number of methoxy groups -OCH3 is 1. The van der Waals surface area contributed by atoms with Crippen LogP contribution in [0, 0.1) is 5.82 Å². The molecule has 0 heterocycles. The molecule has 0 fully saturated rings. The van der Waals surface area contributed by atoms with Crippen LogP contribution in [0.3, 0.4) is 0 Å². The summed E-state index contributed by atoms with van der Waals surface area (Å²) in [4.78, 5) is 0. The average molecular weight is 276 g/mol. The standard InChI is InChI=1S/C16H17FO3/c1-11(18)13-7-5-9-15(19-2)16(13)20-10-12-6-3-4-8-14(12)17/h3-9,11,18H,10H2,1-2H3. The Labute approximate surface area is 117 Å². The highest BCUT2D eigenvalue weighted by Gasteiger charge is 2.15. The van der Waals surface area contributed by atoms with Gasteiger partial charge in [-0.05, 0) is 19.1 Å². The number of benzene rings is 2. The molecule has 0 bridgehead atoms. The molecule has 0 saturated heterocycles. The summed E-state index contributed by atoms with van der Waals surface area (Å²) in [5.41, 5.74) is 1.07. The molecule has 0 aliphatic heterocycles. The van der Waals surface area contributed by atoms with E-state index in [1.807, 2.05) is 0 Å². The van der Waals surface area contributed by atoms with Gasteiger partial charge in [-0.25, -0.2) is 4.39 Å². The van der Waals surface area contributed by atoms with Gasteiger partial charge in [-0.15, -0.1) is 0 Å². The normalized spacial score (nSPS) is 12.0. The zero-order valence-electron chi connectivity index (χ0n) is 11.5. The van der Waals surface area contributed by atoms with Crippen molar-refractivity contribution in [3.05, 3.63) is 59.4 Å². The van der Waals surface area contributed by atoms with Crippen molar-refractivity contribution in [1.29, 1.82) is 0 Å². The van der Waals surface area contributed by atoms with Crippen molar-refractivity contribution in [2.75, 3.05) is 7.11 Å². The summed E-state index contributed by atoms with van der Waals surface area (Å²) < 4.78 is 24.5. The van der Waals surface area contributed by atoms with Crippen LogP contribution in [0.25, 0.3) is 0 Å².